The molecule has 2 aromatic carbocycles. The molecular formula is C24H34O2. The van der Waals surface area contributed by atoms with E-state index in [0.29, 0.717) is 5.56 Å². The normalized spacial score (nSPS) is 10.0. The molecule has 0 saturated carbocycles. The summed E-state index contributed by atoms with van der Waals surface area (Å²) < 4.78 is 0. The lowest BCUT2D eigenvalue weighted by atomic mass is 10.0. The van der Waals surface area contributed by atoms with Gasteiger partial charge in [-0.2, -0.15) is 0 Å². The number of benzene rings is 2. The molecular weight excluding hydrogens is 320 g/mol. The van der Waals surface area contributed by atoms with E-state index in [1.165, 1.54) is 69.8 Å². The highest BCUT2D eigenvalue weighted by Gasteiger charge is 1.96. The van der Waals surface area contributed by atoms with Crippen molar-refractivity contribution in [3.63, 3.8) is 0 Å². The second-order valence-corrected chi connectivity index (χ2v) is 6.74. The fourth-order valence-electron chi connectivity index (χ4n) is 2.87. The summed E-state index contributed by atoms with van der Waals surface area (Å²) in [5.74, 6) is -0.879. The number of rotatable bonds is 11. The molecule has 2 heteroatoms. The van der Waals surface area contributed by atoms with E-state index >= 15 is 0 Å². The predicted octanol–water partition coefficient (Wildman–Crippen LogP) is 7.14. The van der Waals surface area contributed by atoms with E-state index in [-0.39, 0.29) is 0 Å². The number of aromatic carboxylic acids is 1. The monoisotopic (exact) mass is 354 g/mol. The minimum Gasteiger partial charge on any atom is -0.478 e. The Kier molecular flexibility index (Phi) is 12.8. The standard InChI is InChI=1S/C17H28.C7H6O2/c1-2-3-4-5-6-7-8-9-11-14-17-15-12-10-13-16-17;8-7(9)6-4-2-1-3-5-6/h10,12-13,15-16H,2-9,11,14H2,1H3;1-5H,(H,8,9). The fraction of sp³-hybridized carbons (Fsp3) is 0.458. The molecule has 0 fully saturated rings. The first kappa shape index (κ1) is 22.0. The van der Waals surface area contributed by atoms with Crippen LogP contribution in [0.5, 0.6) is 0 Å². The van der Waals surface area contributed by atoms with E-state index in [1.807, 2.05) is 0 Å². The van der Waals surface area contributed by atoms with Crippen LogP contribution in [0.1, 0.15) is 80.6 Å². The van der Waals surface area contributed by atoms with E-state index in [1.54, 1.807) is 30.3 Å². The maximum absolute atomic E-state index is 10.2. The molecule has 2 rings (SSSR count). The van der Waals surface area contributed by atoms with Crippen molar-refractivity contribution in [1.29, 1.82) is 0 Å². The summed E-state index contributed by atoms with van der Waals surface area (Å²) in [6.45, 7) is 2.28. The molecule has 0 unspecified atom stereocenters. The third-order valence-electron chi connectivity index (χ3n) is 4.43. The molecule has 142 valence electrons. The van der Waals surface area contributed by atoms with Crippen LogP contribution in [0.3, 0.4) is 0 Å². The molecule has 0 aromatic heterocycles. The Balaban J connectivity index is 0.000000314. The zero-order chi connectivity index (χ0) is 18.9. The van der Waals surface area contributed by atoms with Crippen molar-refractivity contribution in [2.45, 2.75) is 71.1 Å². The van der Waals surface area contributed by atoms with Crippen molar-refractivity contribution < 1.29 is 9.90 Å². The van der Waals surface area contributed by atoms with E-state index in [4.69, 9.17) is 5.11 Å². The Morgan fingerprint density at radius 1 is 0.692 bits per heavy atom. The maximum Gasteiger partial charge on any atom is 0.335 e. The molecule has 0 bridgehead atoms. The largest absolute Gasteiger partial charge is 0.478 e. The van der Waals surface area contributed by atoms with Gasteiger partial charge < -0.3 is 5.11 Å². The summed E-state index contributed by atoms with van der Waals surface area (Å²) in [6.07, 6.45) is 14.0. The minimum absolute atomic E-state index is 0.331. The molecule has 0 aliphatic heterocycles. The summed E-state index contributed by atoms with van der Waals surface area (Å²) in [7, 11) is 0. The van der Waals surface area contributed by atoms with Crippen molar-refractivity contribution >= 4 is 5.97 Å². The van der Waals surface area contributed by atoms with Crippen LogP contribution in [0.4, 0.5) is 0 Å². The highest BCUT2D eigenvalue weighted by Crippen LogP contribution is 2.11. The summed E-state index contributed by atoms with van der Waals surface area (Å²) >= 11 is 0. The third kappa shape index (κ3) is 11.5. The first-order valence-electron chi connectivity index (χ1n) is 10.1. The minimum atomic E-state index is -0.879. The molecule has 0 aliphatic rings. The number of carboxylic acids is 1. The Bertz CT molecular complexity index is 563. The second-order valence-electron chi connectivity index (χ2n) is 6.74. The van der Waals surface area contributed by atoms with Gasteiger partial charge in [0.05, 0.1) is 5.56 Å². The van der Waals surface area contributed by atoms with Crippen LogP contribution in [0.15, 0.2) is 60.7 Å². The van der Waals surface area contributed by atoms with Crippen LogP contribution in [0, 0.1) is 0 Å². The summed E-state index contributed by atoms with van der Waals surface area (Å²) in [5, 5.41) is 8.38. The second kappa shape index (κ2) is 15.2. The van der Waals surface area contributed by atoms with Gasteiger partial charge in [0.15, 0.2) is 0 Å². The van der Waals surface area contributed by atoms with Gasteiger partial charge in [-0.05, 0) is 30.5 Å². The predicted molar refractivity (Wildman–Crippen MR) is 111 cm³/mol. The topological polar surface area (TPSA) is 37.3 Å². The van der Waals surface area contributed by atoms with Crippen molar-refractivity contribution in [1.82, 2.24) is 0 Å². The van der Waals surface area contributed by atoms with Crippen LogP contribution >= 0.6 is 0 Å². The molecule has 26 heavy (non-hydrogen) atoms. The third-order valence-corrected chi connectivity index (χ3v) is 4.43. The van der Waals surface area contributed by atoms with Crippen molar-refractivity contribution in [3.8, 4) is 0 Å². The molecule has 0 amide bonds. The number of unbranched alkanes of at least 4 members (excludes halogenated alkanes) is 8. The maximum atomic E-state index is 10.2. The summed E-state index contributed by atoms with van der Waals surface area (Å²) in [4.78, 5) is 10.2. The number of carboxylic acid groups (broad SMARTS) is 1. The van der Waals surface area contributed by atoms with Gasteiger partial charge in [-0.25, -0.2) is 4.79 Å². The van der Waals surface area contributed by atoms with E-state index in [0.717, 1.165) is 0 Å². The van der Waals surface area contributed by atoms with Crippen LogP contribution in [-0.4, -0.2) is 11.1 Å². The van der Waals surface area contributed by atoms with Gasteiger partial charge >= 0.3 is 5.97 Å². The Hall–Kier alpha value is -2.09. The van der Waals surface area contributed by atoms with Crippen LogP contribution in [-0.2, 0) is 6.42 Å². The Morgan fingerprint density at radius 2 is 1.15 bits per heavy atom. The van der Waals surface area contributed by atoms with Crippen LogP contribution in [0.25, 0.3) is 0 Å². The van der Waals surface area contributed by atoms with Gasteiger partial charge in [-0.1, -0.05) is 107 Å². The zero-order valence-electron chi connectivity index (χ0n) is 16.2. The van der Waals surface area contributed by atoms with Crippen molar-refractivity contribution in [2.75, 3.05) is 0 Å². The smallest absolute Gasteiger partial charge is 0.335 e. The average Bonchev–Trinajstić information content (AvgIpc) is 2.69. The molecule has 2 aromatic rings. The Morgan fingerprint density at radius 3 is 1.62 bits per heavy atom. The van der Waals surface area contributed by atoms with E-state index in [2.05, 4.69) is 37.3 Å². The summed E-state index contributed by atoms with van der Waals surface area (Å²) in [5.41, 5.74) is 1.83. The number of hydrogen-bond acceptors (Lipinski definition) is 1. The van der Waals surface area contributed by atoms with E-state index < -0.39 is 5.97 Å². The van der Waals surface area contributed by atoms with Crippen LogP contribution < -0.4 is 0 Å². The van der Waals surface area contributed by atoms with E-state index in [9.17, 15) is 4.79 Å². The highest BCUT2D eigenvalue weighted by molar-refractivity contribution is 5.87. The molecule has 1 N–H and O–H groups in total. The first-order valence-corrected chi connectivity index (χ1v) is 10.1. The molecule has 0 spiro atoms. The SMILES string of the molecule is CCCCCCCCCCCc1ccccc1.O=C(O)c1ccccc1. The highest BCUT2D eigenvalue weighted by atomic mass is 16.4. The van der Waals surface area contributed by atoms with Gasteiger partial charge in [0, 0.05) is 0 Å². The molecule has 2 nitrogen and oxygen atoms in total. The quantitative estimate of drug-likeness (QED) is 0.435. The molecule has 0 radical (unpaired) electrons. The number of hydrogen-bond donors (Lipinski definition) is 1. The van der Waals surface area contributed by atoms with Crippen molar-refractivity contribution in [2.24, 2.45) is 0 Å². The fourth-order valence-corrected chi connectivity index (χ4v) is 2.87. The lowest BCUT2D eigenvalue weighted by Gasteiger charge is -2.02. The van der Waals surface area contributed by atoms with Gasteiger partial charge in [0.2, 0.25) is 0 Å². The van der Waals surface area contributed by atoms with Crippen molar-refractivity contribution in [3.05, 3.63) is 71.8 Å². The molecule has 0 atom stereocenters. The lowest BCUT2D eigenvalue weighted by molar-refractivity contribution is 0.0697. The first-order chi connectivity index (χ1) is 12.7. The molecule has 0 saturated heterocycles. The average molecular weight is 355 g/mol. The number of carbonyl (C=O) groups is 1. The lowest BCUT2D eigenvalue weighted by Crippen LogP contribution is -1.93. The zero-order valence-corrected chi connectivity index (χ0v) is 16.2. The van der Waals surface area contributed by atoms with Gasteiger partial charge in [0.1, 0.15) is 0 Å². The Labute approximate surface area is 159 Å². The molecule has 0 aliphatic carbocycles. The van der Waals surface area contributed by atoms with Gasteiger partial charge in [-0.15, -0.1) is 0 Å². The van der Waals surface area contributed by atoms with Crippen LogP contribution in [0.2, 0.25) is 0 Å². The number of aryl methyl sites for hydroxylation is 1. The summed E-state index contributed by atoms with van der Waals surface area (Å²) in [6, 6.07) is 19.2. The molecule has 0 heterocycles. The van der Waals surface area contributed by atoms with Gasteiger partial charge in [-0.3, -0.25) is 0 Å². The van der Waals surface area contributed by atoms with Gasteiger partial charge in [0.25, 0.3) is 0 Å².